The zero-order valence-corrected chi connectivity index (χ0v) is 19.2. The fourth-order valence-electron chi connectivity index (χ4n) is 4.34. The van der Waals surface area contributed by atoms with Crippen LogP contribution < -0.4 is 5.56 Å². The van der Waals surface area contributed by atoms with Gasteiger partial charge in [-0.15, -0.1) is 0 Å². The number of nitrogens with zero attached hydrogens (tertiary/aromatic N) is 3. The highest BCUT2D eigenvalue weighted by atomic mass is 19.4. The topological polar surface area (TPSA) is 38.1 Å². The maximum Gasteiger partial charge on any atom is 0.416 e. The molecule has 0 amide bonds. The second kappa shape index (κ2) is 8.67. The van der Waals surface area contributed by atoms with Crippen molar-refractivity contribution in [2.24, 2.45) is 0 Å². The van der Waals surface area contributed by atoms with Crippen LogP contribution in [0.25, 0.3) is 38.6 Å². The predicted molar refractivity (Wildman–Crippen MR) is 133 cm³/mol. The summed E-state index contributed by atoms with van der Waals surface area (Å²) in [6.45, 7) is 0.829. The van der Waals surface area contributed by atoms with Crippen molar-refractivity contribution < 1.29 is 13.2 Å². The minimum Gasteiger partial charge on any atom is -0.305 e. The van der Waals surface area contributed by atoms with Gasteiger partial charge in [0.25, 0.3) is 5.56 Å². The average molecular weight is 473 g/mol. The number of fused-ring (bicyclic) bond motifs is 3. The molecule has 0 aliphatic carbocycles. The summed E-state index contributed by atoms with van der Waals surface area (Å²) in [6.07, 6.45) is -2.88. The maximum absolute atomic E-state index is 13.4. The average Bonchev–Trinajstić information content (AvgIpc) is 2.83. The monoisotopic (exact) mass is 473 g/mol. The molecule has 0 saturated carbocycles. The Balaban J connectivity index is 1.73. The van der Waals surface area contributed by atoms with Crippen LogP contribution in [0.4, 0.5) is 13.2 Å². The first-order valence-corrected chi connectivity index (χ1v) is 11.1. The van der Waals surface area contributed by atoms with Gasteiger partial charge in [-0.25, -0.2) is 0 Å². The van der Waals surface area contributed by atoms with Gasteiger partial charge in [-0.3, -0.25) is 14.3 Å². The van der Waals surface area contributed by atoms with E-state index in [1.54, 1.807) is 12.3 Å². The van der Waals surface area contributed by atoms with Crippen molar-refractivity contribution in [1.82, 2.24) is 14.5 Å². The number of alkyl halides is 3. The number of halogens is 3. The van der Waals surface area contributed by atoms with Crippen molar-refractivity contribution in [2.45, 2.75) is 12.7 Å². The quantitative estimate of drug-likeness (QED) is 0.288. The molecule has 0 bridgehead atoms. The maximum atomic E-state index is 13.4. The third kappa shape index (κ3) is 4.42. The molecule has 2 aromatic heterocycles. The number of hydrogen-bond donors (Lipinski definition) is 0. The molecule has 0 radical (unpaired) electrons. The SMILES string of the molecule is CN(C)Cc1ccc(-c2ccc3ncc4ccc(=O)n(-c5cccc(C(F)(F)F)c5)c4c3c2)cc1. The molecule has 3 aromatic carbocycles. The van der Waals surface area contributed by atoms with Crippen LogP contribution in [-0.2, 0) is 12.7 Å². The molecule has 0 atom stereocenters. The molecule has 0 unspecified atom stereocenters. The van der Waals surface area contributed by atoms with Crippen molar-refractivity contribution in [3.8, 4) is 16.8 Å². The Hall–Kier alpha value is -3.97. The first kappa shape index (κ1) is 22.8. The molecule has 5 aromatic rings. The molecule has 176 valence electrons. The molecule has 0 saturated heterocycles. The van der Waals surface area contributed by atoms with E-state index in [1.807, 2.05) is 44.4 Å². The first-order chi connectivity index (χ1) is 16.7. The number of hydrogen-bond acceptors (Lipinski definition) is 3. The van der Waals surface area contributed by atoms with Crippen LogP contribution in [0, 0.1) is 0 Å². The van der Waals surface area contributed by atoms with Gasteiger partial charge in [0.1, 0.15) is 0 Å². The Morgan fingerprint density at radius 1 is 0.886 bits per heavy atom. The van der Waals surface area contributed by atoms with Gasteiger partial charge in [0.15, 0.2) is 0 Å². The third-order valence-electron chi connectivity index (χ3n) is 5.94. The lowest BCUT2D eigenvalue weighted by Gasteiger charge is -2.15. The van der Waals surface area contributed by atoms with E-state index < -0.39 is 17.3 Å². The fourth-order valence-corrected chi connectivity index (χ4v) is 4.34. The Morgan fingerprint density at radius 3 is 2.34 bits per heavy atom. The van der Waals surface area contributed by atoms with Gasteiger partial charge < -0.3 is 4.90 Å². The summed E-state index contributed by atoms with van der Waals surface area (Å²) in [7, 11) is 4.03. The first-order valence-electron chi connectivity index (χ1n) is 11.1. The molecule has 7 heteroatoms. The summed E-state index contributed by atoms with van der Waals surface area (Å²) < 4.78 is 41.5. The molecule has 2 heterocycles. The molecule has 0 N–H and O–H groups in total. The van der Waals surface area contributed by atoms with Gasteiger partial charge in [0.05, 0.1) is 16.6 Å². The summed E-state index contributed by atoms with van der Waals surface area (Å²) in [6, 6.07) is 21.8. The molecule has 0 aliphatic heterocycles. The van der Waals surface area contributed by atoms with Gasteiger partial charge in [-0.2, -0.15) is 13.2 Å². The zero-order valence-electron chi connectivity index (χ0n) is 19.2. The summed E-state index contributed by atoms with van der Waals surface area (Å²) in [4.78, 5) is 19.6. The van der Waals surface area contributed by atoms with E-state index >= 15 is 0 Å². The number of benzene rings is 3. The van der Waals surface area contributed by atoms with Crippen LogP contribution in [0.5, 0.6) is 0 Å². The van der Waals surface area contributed by atoms with Gasteiger partial charge in [0.2, 0.25) is 0 Å². The van der Waals surface area contributed by atoms with Crippen LogP contribution in [0.2, 0.25) is 0 Å². The van der Waals surface area contributed by atoms with Gasteiger partial charge >= 0.3 is 6.18 Å². The summed E-state index contributed by atoms with van der Waals surface area (Å²) in [5.74, 6) is 0. The Morgan fingerprint density at radius 2 is 1.63 bits per heavy atom. The molecule has 0 aliphatic rings. The van der Waals surface area contributed by atoms with E-state index in [0.29, 0.717) is 21.8 Å². The fraction of sp³-hybridized carbons (Fsp3) is 0.143. The number of rotatable bonds is 4. The van der Waals surface area contributed by atoms with Crippen molar-refractivity contribution >= 4 is 21.8 Å². The molecule has 0 spiro atoms. The molecule has 4 nitrogen and oxygen atoms in total. The van der Waals surface area contributed by atoms with Crippen molar-refractivity contribution in [3.63, 3.8) is 0 Å². The zero-order chi connectivity index (χ0) is 24.7. The van der Waals surface area contributed by atoms with Gasteiger partial charge in [-0.1, -0.05) is 36.4 Å². The van der Waals surface area contributed by atoms with E-state index in [-0.39, 0.29) is 5.69 Å². The molecule has 35 heavy (non-hydrogen) atoms. The summed E-state index contributed by atoms with van der Waals surface area (Å²) in [5, 5.41) is 1.35. The second-order valence-corrected chi connectivity index (χ2v) is 8.78. The van der Waals surface area contributed by atoms with Crippen LogP contribution in [0.1, 0.15) is 11.1 Å². The van der Waals surface area contributed by atoms with E-state index in [2.05, 4.69) is 22.0 Å². The van der Waals surface area contributed by atoms with E-state index in [0.717, 1.165) is 29.8 Å². The largest absolute Gasteiger partial charge is 0.416 e. The van der Waals surface area contributed by atoms with Crippen molar-refractivity contribution in [3.05, 3.63) is 107 Å². The highest BCUT2D eigenvalue weighted by Gasteiger charge is 2.30. The van der Waals surface area contributed by atoms with Gasteiger partial charge in [-0.05, 0) is 67.2 Å². The minimum atomic E-state index is -4.51. The predicted octanol–water partition coefficient (Wildman–Crippen LogP) is 6.29. The van der Waals surface area contributed by atoms with Crippen molar-refractivity contribution in [1.29, 1.82) is 0 Å². The minimum absolute atomic E-state index is 0.154. The smallest absolute Gasteiger partial charge is 0.305 e. The summed E-state index contributed by atoms with van der Waals surface area (Å²) in [5.41, 5.74) is 3.21. The second-order valence-electron chi connectivity index (χ2n) is 8.78. The van der Waals surface area contributed by atoms with Gasteiger partial charge in [0, 0.05) is 35.3 Å². The van der Waals surface area contributed by atoms with Crippen LogP contribution in [0.15, 0.2) is 89.9 Å². The molecular weight excluding hydrogens is 451 g/mol. The molecular formula is C28H22F3N3O. The van der Waals surface area contributed by atoms with Crippen LogP contribution in [0.3, 0.4) is 0 Å². The van der Waals surface area contributed by atoms with Crippen LogP contribution in [-0.4, -0.2) is 28.5 Å². The summed E-state index contributed by atoms with van der Waals surface area (Å²) >= 11 is 0. The lowest BCUT2D eigenvalue weighted by atomic mass is 10.0. The number of pyridine rings is 2. The lowest BCUT2D eigenvalue weighted by molar-refractivity contribution is -0.137. The van der Waals surface area contributed by atoms with E-state index in [4.69, 9.17) is 0 Å². The number of aromatic nitrogens is 2. The molecule has 0 fully saturated rings. The Labute approximate surface area is 199 Å². The lowest BCUT2D eigenvalue weighted by Crippen LogP contribution is -2.18. The third-order valence-corrected chi connectivity index (χ3v) is 5.94. The molecule has 5 rings (SSSR count). The van der Waals surface area contributed by atoms with Crippen LogP contribution >= 0.6 is 0 Å². The highest BCUT2D eigenvalue weighted by molar-refractivity contribution is 6.05. The Bertz CT molecular complexity index is 1600. The Kier molecular flexibility index (Phi) is 5.65. The van der Waals surface area contributed by atoms with E-state index in [1.165, 1.54) is 28.3 Å². The highest BCUT2D eigenvalue weighted by Crippen LogP contribution is 2.33. The normalized spacial score (nSPS) is 12.1. The van der Waals surface area contributed by atoms with Crippen molar-refractivity contribution in [2.75, 3.05) is 14.1 Å². The standard InChI is InChI=1S/C28H22F3N3O/c1-33(2)17-18-6-8-19(9-7-18)20-10-12-25-24(14-20)27-21(16-32-25)11-13-26(35)34(27)23-5-3-4-22(15-23)28(29,30)31/h3-16H,17H2,1-2H3. The van der Waals surface area contributed by atoms with E-state index in [9.17, 15) is 18.0 Å².